The summed E-state index contributed by atoms with van der Waals surface area (Å²) in [6, 6.07) is 0. The quantitative estimate of drug-likeness (QED) is 0.654. The zero-order valence-electron chi connectivity index (χ0n) is 4.90. The largest absolute Gasteiger partial charge is 0.200 e. The topological polar surface area (TPSA) is 51.0 Å². The lowest BCUT2D eigenvalue weighted by molar-refractivity contribution is 0.864. The highest BCUT2D eigenvalue weighted by atomic mass is 127. The van der Waals surface area contributed by atoms with Crippen molar-refractivity contribution < 1.29 is 0 Å². The molecule has 0 radical (unpaired) electrons. The van der Waals surface area contributed by atoms with Crippen LogP contribution < -0.4 is 0 Å². The monoisotopic (exact) mass is 246 g/mol. The Balaban J connectivity index is 2.65. The molecule has 0 aliphatic carbocycles. The summed E-state index contributed by atoms with van der Waals surface area (Å²) in [5, 5.41) is 10.9. The van der Waals surface area contributed by atoms with Gasteiger partial charge in [-0.15, -0.1) is 10.2 Å². The first-order valence-corrected chi connectivity index (χ1v) is 4.86. The highest BCUT2D eigenvalue weighted by molar-refractivity contribution is 14.2. The minimum Gasteiger partial charge on any atom is -0.200 e. The van der Waals surface area contributed by atoms with Crippen LogP contribution >= 0.6 is 21.0 Å². The fourth-order valence-electron chi connectivity index (χ4n) is 0.625. The van der Waals surface area contributed by atoms with Crippen LogP contribution in [-0.4, -0.2) is 15.4 Å². The summed E-state index contributed by atoms with van der Waals surface area (Å²) in [7, 11) is 0. The number of fused-ring (bicyclic) bond motifs is 1. The molecule has 1 aromatic heterocycles. The van der Waals surface area contributed by atoms with Gasteiger partial charge in [0.2, 0.25) is 0 Å². The molecule has 0 N–H and O–H groups in total. The van der Waals surface area contributed by atoms with Crippen LogP contribution in [0.15, 0.2) is 13.4 Å². The lowest BCUT2D eigenvalue weighted by Crippen LogP contribution is -1.88. The van der Waals surface area contributed by atoms with Gasteiger partial charge in [-0.2, -0.15) is 3.15 Å². The molecular formula is C5H3IN4. The highest BCUT2D eigenvalue weighted by Crippen LogP contribution is 2.25. The molecule has 1 aliphatic rings. The molecule has 2 heterocycles. The van der Waals surface area contributed by atoms with Crippen molar-refractivity contribution in [1.29, 1.82) is 0 Å². The average molecular weight is 246 g/mol. The van der Waals surface area contributed by atoms with Gasteiger partial charge in [-0.25, -0.2) is 0 Å². The van der Waals surface area contributed by atoms with Crippen LogP contribution in [0.2, 0.25) is 0 Å². The van der Waals surface area contributed by atoms with Gasteiger partial charge in [0.1, 0.15) is 0 Å². The van der Waals surface area contributed by atoms with E-state index >= 15 is 0 Å². The van der Waals surface area contributed by atoms with Crippen LogP contribution in [0, 0.1) is 0 Å². The third-order valence-electron chi connectivity index (χ3n) is 1.07. The van der Waals surface area contributed by atoms with Crippen LogP contribution in [0.4, 0.5) is 5.82 Å². The summed E-state index contributed by atoms with van der Waals surface area (Å²) in [5.41, 5.74) is 0.973. The van der Waals surface area contributed by atoms with Crippen molar-refractivity contribution in [1.82, 2.24) is 15.4 Å². The Morgan fingerprint density at radius 3 is 3.30 bits per heavy atom. The van der Waals surface area contributed by atoms with Crippen LogP contribution in [0.5, 0.6) is 0 Å². The minimum atomic E-state index is -0.160. The summed E-state index contributed by atoms with van der Waals surface area (Å²) in [4.78, 5) is 0. The first-order chi connectivity index (χ1) is 4.97. The molecule has 0 bridgehead atoms. The average Bonchev–Trinajstić information content (AvgIpc) is 2.05. The normalized spacial score (nSPS) is 14.0. The standard InChI is InChI=1S/C5H3IN4/c1-2-6-8-5-4(1)3-7-10-9-5/h1-3H. The maximum atomic E-state index is 4.20. The molecule has 4 nitrogen and oxygen atoms in total. The summed E-state index contributed by atoms with van der Waals surface area (Å²) < 4.78 is 6.28. The molecule has 0 spiro atoms. The first kappa shape index (κ1) is 6.02. The number of halogens is 1. The van der Waals surface area contributed by atoms with Crippen LogP contribution in [0.3, 0.4) is 0 Å². The van der Waals surface area contributed by atoms with E-state index in [1.165, 1.54) is 0 Å². The number of hydrogen-bond donors (Lipinski definition) is 0. The van der Waals surface area contributed by atoms with E-state index in [-0.39, 0.29) is 21.0 Å². The molecule has 0 fully saturated rings. The van der Waals surface area contributed by atoms with E-state index < -0.39 is 0 Å². The van der Waals surface area contributed by atoms with Gasteiger partial charge in [0, 0.05) is 26.6 Å². The molecule has 0 aromatic carbocycles. The van der Waals surface area contributed by atoms with E-state index in [9.17, 15) is 0 Å². The van der Waals surface area contributed by atoms with E-state index in [0.29, 0.717) is 0 Å². The molecule has 10 heavy (non-hydrogen) atoms. The molecule has 5 heteroatoms. The zero-order chi connectivity index (χ0) is 6.81. The smallest absolute Gasteiger partial charge is 0.190 e. The van der Waals surface area contributed by atoms with Crippen molar-refractivity contribution in [3.63, 3.8) is 0 Å². The molecule has 0 saturated carbocycles. The van der Waals surface area contributed by atoms with Crippen molar-refractivity contribution in [2.24, 2.45) is 3.15 Å². The van der Waals surface area contributed by atoms with Gasteiger partial charge >= 0.3 is 0 Å². The van der Waals surface area contributed by atoms with Crippen LogP contribution in [0.25, 0.3) is 6.08 Å². The van der Waals surface area contributed by atoms with Crippen molar-refractivity contribution in [2.45, 2.75) is 0 Å². The van der Waals surface area contributed by atoms with E-state index in [2.05, 4.69) is 22.6 Å². The second-order valence-corrected chi connectivity index (χ2v) is 3.45. The Labute approximate surface area is 67.5 Å². The highest BCUT2D eigenvalue weighted by Gasteiger charge is 2.00. The summed E-state index contributed by atoms with van der Waals surface area (Å²) >= 11 is -0.160. The second kappa shape index (κ2) is 2.49. The maximum Gasteiger partial charge on any atom is 0.190 e. The lowest BCUT2D eigenvalue weighted by atomic mass is 10.3. The molecule has 0 saturated heterocycles. The Morgan fingerprint density at radius 1 is 1.40 bits per heavy atom. The van der Waals surface area contributed by atoms with Crippen LogP contribution in [0.1, 0.15) is 5.56 Å². The Kier molecular flexibility index (Phi) is 1.50. The number of nitrogens with zero attached hydrogens (tertiary/aromatic N) is 4. The van der Waals surface area contributed by atoms with Gasteiger partial charge in [0.05, 0.1) is 6.20 Å². The SMILES string of the molecule is C1=Cc2cnnnc2N=I1. The summed E-state index contributed by atoms with van der Waals surface area (Å²) in [6.07, 6.45) is 3.67. The van der Waals surface area contributed by atoms with Gasteiger partial charge in [0.15, 0.2) is 5.82 Å². The van der Waals surface area contributed by atoms with E-state index in [4.69, 9.17) is 0 Å². The molecule has 0 unspecified atom stereocenters. The molecule has 0 amide bonds. The van der Waals surface area contributed by atoms with Crippen molar-refractivity contribution in [2.75, 3.05) is 0 Å². The third-order valence-corrected chi connectivity index (χ3v) is 2.49. The molecule has 2 rings (SSSR count). The Hall–Kier alpha value is -0.720. The Morgan fingerprint density at radius 2 is 2.40 bits per heavy atom. The molecule has 50 valence electrons. The lowest BCUT2D eigenvalue weighted by Gasteiger charge is -1.96. The first-order valence-electron chi connectivity index (χ1n) is 2.65. The zero-order valence-corrected chi connectivity index (χ0v) is 7.06. The van der Waals surface area contributed by atoms with Gasteiger partial charge < -0.3 is 0 Å². The van der Waals surface area contributed by atoms with Gasteiger partial charge in [-0.05, 0) is 15.4 Å². The van der Waals surface area contributed by atoms with E-state index in [1.54, 1.807) is 6.20 Å². The minimum absolute atomic E-state index is 0.160. The van der Waals surface area contributed by atoms with Crippen molar-refractivity contribution >= 4 is 32.9 Å². The third kappa shape index (κ3) is 0.962. The second-order valence-electron chi connectivity index (χ2n) is 1.69. The van der Waals surface area contributed by atoms with E-state index in [1.807, 2.05) is 6.08 Å². The summed E-state index contributed by atoms with van der Waals surface area (Å²) in [6.45, 7) is 0. The molecular weight excluding hydrogens is 243 g/mol. The van der Waals surface area contributed by atoms with E-state index in [0.717, 1.165) is 11.4 Å². The molecule has 0 atom stereocenters. The maximum absolute atomic E-state index is 4.20. The molecule has 1 aliphatic heterocycles. The van der Waals surface area contributed by atoms with Crippen LogP contribution in [-0.2, 0) is 0 Å². The molecule has 1 aromatic rings. The van der Waals surface area contributed by atoms with Gasteiger partial charge in [-0.3, -0.25) is 0 Å². The Bertz CT molecular complexity index is 275. The fourth-order valence-corrected chi connectivity index (χ4v) is 1.97. The predicted molar refractivity (Wildman–Crippen MR) is 45.0 cm³/mol. The van der Waals surface area contributed by atoms with Crippen molar-refractivity contribution in [3.05, 3.63) is 15.8 Å². The van der Waals surface area contributed by atoms with Gasteiger partial charge in [-0.1, -0.05) is 0 Å². The fraction of sp³-hybridized carbons (Fsp3) is 0. The number of hydrogen-bond acceptors (Lipinski definition) is 4. The predicted octanol–water partition coefficient (Wildman–Crippen LogP) is 1.64. The number of rotatable bonds is 0. The van der Waals surface area contributed by atoms with Crippen molar-refractivity contribution in [3.8, 4) is 0 Å². The summed E-state index contributed by atoms with van der Waals surface area (Å²) in [5.74, 6) is 0.741. The number of aromatic nitrogens is 3. The van der Waals surface area contributed by atoms with Gasteiger partial charge in [0.25, 0.3) is 0 Å².